The van der Waals surface area contributed by atoms with E-state index in [0.717, 1.165) is 11.3 Å². The minimum absolute atomic E-state index is 0.0293. The van der Waals surface area contributed by atoms with Crippen molar-refractivity contribution < 1.29 is 14.6 Å². The maximum atomic E-state index is 12.6. The van der Waals surface area contributed by atoms with E-state index < -0.39 is 0 Å². The van der Waals surface area contributed by atoms with Crippen LogP contribution in [-0.2, 0) is 4.74 Å². The van der Waals surface area contributed by atoms with E-state index in [1.807, 2.05) is 24.0 Å². The molecule has 1 N–H and O–H groups in total. The van der Waals surface area contributed by atoms with Crippen LogP contribution in [0.4, 0.5) is 0 Å². The maximum absolute atomic E-state index is 12.6. The molecule has 1 unspecified atom stereocenters. The molecule has 1 heterocycles. The van der Waals surface area contributed by atoms with Crippen molar-refractivity contribution in [2.24, 2.45) is 0 Å². The molecule has 1 amide bonds. The van der Waals surface area contributed by atoms with E-state index >= 15 is 0 Å². The highest BCUT2D eigenvalue weighted by molar-refractivity contribution is 7.14. The van der Waals surface area contributed by atoms with Gasteiger partial charge in [0.25, 0.3) is 5.91 Å². The maximum Gasteiger partial charge on any atom is 0.264 e. The summed E-state index contributed by atoms with van der Waals surface area (Å²) in [6.07, 6.45) is 1.36. The van der Waals surface area contributed by atoms with Crippen molar-refractivity contribution in [1.29, 1.82) is 0 Å². The zero-order valence-corrected chi connectivity index (χ0v) is 13.7. The van der Waals surface area contributed by atoms with Gasteiger partial charge in [-0.05, 0) is 25.5 Å². The highest BCUT2D eigenvalue weighted by Gasteiger charge is 2.21. The molecule has 1 rings (SSSR count). The Bertz CT molecular complexity index is 501. The van der Waals surface area contributed by atoms with Crippen LogP contribution in [0.25, 0.3) is 0 Å². The van der Waals surface area contributed by atoms with Gasteiger partial charge in [0.2, 0.25) is 0 Å². The van der Waals surface area contributed by atoms with Crippen LogP contribution in [0, 0.1) is 11.8 Å². The smallest absolute Gasteiger partial charge is 0.264 e. The minimum Gasteiger partial charge on any atom is -0.395 e. The van der Waals surface area contributed by atoms with Gasteiger partial charge in [-0.2, -0.15) is 0 Å². The molecule has 0 fully saturated rings. The van der Waals surface area contributed by atoms with Crippen molar-refractivity contribution in [1.82, 2.24) is 4.90 Å². The molecule has 4 nitrogen and oxygen atoms in total. The lowest BCUT2D eigenvalue weighted by Crippen LogP contribution is -2.40. The van der Waals surface area contributed by atoms with Gasteiger partial charge in [-0.25, -0.2) is 0 Å². The number of rotatable bonds is 7. The quantitative estimate of drug-likeness (QED) is 0.787. The van der Waals surface area contributed by atoms with E-state index in [4.69, 9.17) is 9.84 Å². The minimum atomic E-state index is 0.0293. The fourth-order valence-corrected chi connectivity index (χ4v) is 2.64. The molecule has 0 aliphatic heterocycles. The van der Waals surface area contributed by atoms with Crippen LogP contribution in [0.3, 0.4) is 0 Å². The topological polar surface area (TPSA) is 49.8 Å². The number of thiophene rings is 1. The van der Waals surface area contributed by atoms with Crippen molar-refractivity contribution in [3.63, 3.8) is 0 Å². The first-order valence-electron chi connectivity index (χ1n) is 7.13. The van der Waals surface area contributed by atoms with Crippen LogP contribution < -0.4 is 0 Å². The zero-order valence-electron chi connectivity index (χ0n) is 12.9. The summed E-state index contributed by atoms with van der Waals surface area (Å²) >= 11 is 1.39. The summed E-state index contributed by atoms with van der Waals surface area (Å²) in [7, 11) is 1.64. The van der Waals surface area contributed by atoms with Crippen molar-refractivity contribution in [2.75, 3.05) is 26.9 Å². The fraction of sp³-hybridized carbons (Fsp3) is 0.562. The number of carbonyl (C=O) groups excluding carboxylic acids is 1. The number of nitrogens with zero attached hydrogens (tertiary/aromatic N) is 1. The fourth-order valence-electron chi connectivity index (χ4n) is 1.80. The molecule has 0 saturated carbocycles. The number of ether oxygens (including phenoxy) is 1. The lowest BCUT2D eigenvalue weighted by molar-refractivity contribution is 0.0619. The molecule has 1 atom stereocenters. The Morgan fingerprint density at radius 2 is 2.29 bits per heavy atom. The van der Waals surface area contributed by atoms with E-state index in [1.165, 1.54) is 11.3 Å². The Hall–Kier alpha value is -1.35. The van der Waals surface area contributed by atoms with E-state index in [0.29, 0.717) is 24.4 Å². The largest absolute Gasteiger partial charge is 0.395 e. The molecular weight excluding hydrogens is 286 g/mol. The Balaban J connectivity index is 2.81. The van der Waals surface area contributed by atoms with Gasteiger partial charge in [-0.3, -0.25) is 4.79 Å². The monoisotopic (exact) mass is 309 g/mol. The van der Waals surface area contributed by atoms with Crippen LogP contribution in [0.2, 0.25) is 0 Å². The summed E-state index contributed by atoms with van der Waals surface area (Å²) < 4.78 is 5.09. The molecule has 0 bridgehead atoms. The van der Waals surface area contributed by atoms with Gasteiger partial charge < -0.3 is 14.7 Å². The molecular formula is C16H23NO3S. The average molecular weight is 309 g/mol. The van der Waals surface area contributed by atoms with Crippen LogP contribution in [0.1, 0.15) is 41.2 Å². The lowest BCUT2D eigenvalue weighted by atomic mass is 10.2. The van der Waals surface area contributed by atoms with E-state index in [-0.39, 0.29) is 18.6 Å². The first-order valence-corrected chi connectivity index (χ1v) is 7.95. The molecule has 0 saturated heterocycles. The molecule has 21 heavy (non-hydrogen) atoms. The Morgan fingerprint density at radius 3 is 2.90 bits per heavy atom. The van der Waals surface area contributed by atoms with Crippen molar-refractivity contribution in [3.8, 4) is 11.8 Å². The molecule has 116 valence electrons. The number of carbonyl (C=O) groups is 1. The third kappa shape index (κ3) is 5.50. The van der Waals surface area contributed by atoms with Crippen molar-refractivity contribution >= 4 is 17.2 Å². The molecule has 5 heteroatoms. The third-order valence-electron chi connectivity index (χ3n) is 3.19. The Kier molecular flexibility index (Phi) is 8.06. The van der Waals surface area contributed by atoms with Gasteiger partial charge in [0, 0.05) is 26.1 Å². The highest BCUT2D eigenvalue weighted by atomic mass is 32.1. The molecule has 1 aromatic heterocycles. The number of hydrogen-bond donors (Lipinski definition) is 1. The second kappa shape index (κ2) is 9.56. The predicted octanol–water partition coefficient (Wildman–Crippen LogP) is 2.37. The van der Waals surface area contributed by atoms with E-state index in [9.17, 15) is 4.79 Å². The summed E-state index contributed by atoms with van der Waals surface area (Å²) in [5.74, 6) is 5.86. The number of amides is 1. The first kappa shape index (κ1) is 17.7. The second-order valence-electron chi connectivity index (χ2n) is 4.69. The number of aliphatic hydroxyl groups excluding tert-OH is 1. The number of hydrogen-bond acceptors (Lipinski definition) is 4. The van der Waals surface area contributed by atoms with Crippen molar-refractivity contribution in [2.45, 2.75) is 32.7 Å². The van der Waals surface area contributed by atoms with Gasteiger partial charge >= 0.3 is 0 Å². The molecule has 0 spiro atoms. The molecule has 1 aromatic rings. The van der Waals surface area contributed by atoms with Gasteiger partial charge in [-0.1, -0.05) is 18.8 Å². The molecule has 0 radical (unpaired) electrons. The van der Waals surface area contributed by atoms with Crippen LogP contribution in [0.15, 0.2) is 12.1 Å². The first-order chi connectivity index (χ1) is 10.1. The number of methoxy groups -OCH3 is 1. The van der Waals surface area contributed by atoms with Gasteiger partial charge in [0.1, 0.15) is 0 Å². The SMILES string of the molecule is CCC(C)N(CCOC)C(=O)c1ccc(C#CCCO)s1. The van der Waals surface area contributed by atoms with Crippen LogP contribution in [-0.4, -0.2) is 48.8 Å². The average Bonchev–Trinajstić information content (AvgIpc) is 2.96. The summed E-state index contributed by atoms with van der Waals surface area (Å²) in [4.78, 5) is 16.0. The van der Waals surface area contributed by atoms with E-state index in [1.54, 1.807) is 7.11 Å². The van der Waals surface area contributed by atoms with E-state index in [2.05, 4.69) is 18.8 Å². The Labute approximate surface area is 130 Å². The normalized spacial score (nSPS) is 11.6. The third-order valence-corrected chi connectivity index (χ3v) is 4.17. The summed E-state index contributed by atoms with van der Waals surface area (Å²) in [6.45, 7) is 5.29. The molecule has 0 aromatic carbocycles. The Morgan fingerprint density at radius 1 is 1.52 bits per heavy atom. The zero-order chi connectivity index (χ0) is 15.7. The predicted molar refractivity (Wildman–Crippen MR) is 85.6 cm³/mol. The summed E-state index contributed by atoms with van der Waals surface area (Å²) in [5.41, 5.74) is 0. The van der Waals surface area contributed by atoms with Crippen LogP contribution >= 0.6 is 11.3 Å². The second-order valence-corrected chi connectivity index (χ2v) is 5.77. The lowest BCUT2D eigenvalue weighted by Gasteiger charge is -2.27. The van der Waals surface area contributed by atoms with Gasteiger partial charge in [0.05, 0.1) is 23.0 Å². The van der Waals surface area contributed by atoms with Crippen LogP contribution in [0.5, 0.6) is 0 Å². The summed E-state index contributed by atoms with van der Waals surface area (Å²) in [5, 5.41) is 8.71. The van der Waals surface area contributed by atoms with Crippen molar-refractivity contribution in [3.05, 3.63) is 21.9 Å². The standard InChI is InChI=1S/C16H23NO3S/c1-4-13(2)17(10-12-20-3)16(19)15-9-8-14(21-15)7-5-6-11-18/h8-9,13,18H,4,6,10-12H2,1-3H3. The number of aliphatic hydroxyl groups is 1. The summed E-state index contributed by atoms with van der Waals surface area (Å²) in [6, 6.07) is 3.85. The molecule has 0 aliphatic rings. The van der Waals surface area contributed by atoms with Gasteiger partial charge in [-0.15, -0.1) is 11.3 Å². The van der Waals surface area contributed by atoms with Gasteiger partial charge in [0.15, 0.2) is 0 Å². The highest BCUT2D eigenvalue weighted by Crippen LogP contribution is 2.19. The molecule has 0 aliphatic carbocycles.